The van der Waals surface area contributed by atoms with Gasteiger partial charge in [-0.1, -0.05) is 31.1 Å². The molecule has 28 heavy (non-hydrogen) atoms. The summed E-state index contributed by atoms with van der Waals surface area (Å²) >= 11 is 0. The van der Waals surface area contributed by atoms with Gasteiger partial charge >= 0.3 is 6.18 Å². The van der Waals surface area contributed by atoms with Gasteiger partial charge in [-0.25, -0.2) is 0 Å². The predicted molar refractivity (Wildman–Crippen MR) is 96.0 cm³/mol. The van der Waals surface area contributed by atoms with Crippen LogP contribution in [0, 0.1) is 5.92 Å². The van der Waals surface area contributed by atoms with Gasteiger partial charge in [0.25, 0.3) is 0 Å². The van der Waals surface area contributed by atoms with Crippen LogP contribution in [-0.4, -0.2) is 40.1 Å². The van der Waals surface area contributed by atoms with Crippen molar-refractivity contribution < 1.29 is 22.5 Å². The Hall–Kier alpha value is -2.42. The minimum Gasteiger partial charge on any atom is -0.353 e. The molecule has 0 spiro atoms. The lowest BCUT2D eigenvalue weighted by atomic mass is 10.0. The molecule has 1 aromatic heterocycles. The number of rotatable bonds is 5. The fourth-order valence-corrected chi connectivity index (χ4v) is 3.04. The van der Waals surface area contributed by atoms with Gasteiger partial charge < -0.3 is 9.84 Å². The zero-order valence-electron chi connectivity index (χ0n) is 15.8. The summed E-state index contributed by atoms with van der Waals surface area (Å²) in [6, 6.07) is 4.85. The van der Waals surface area contributed by atoms with Gasteiger partial charge in [0.05, 0.1) is 12.1 Å². The molecule has 0 bridgehead atoms. The van der Waals surface area contributed by atoms with E-state index >= 15 is 0 Å². The first kappa shape index (κ1) is 20.3. The molecule has 0 saturated carbocycles. The molecule has 1 N–H and O–H groups in total. The van der Waals surface area contributed by atoms with Gasteiger partial charge in [0.2, 0.25) is 17.6 Å². The quantitative estimate of drug-likeness (QED) is 0.838. The molecule has 0 unspecified atom stereocenters. The molecule has 1 fully saturated rings. The van der Waals surface area contributed by atoms with Gasteiger partial charge in [0.15, 0.2) is 0 Å². The lowest BCUT2D eigenvalue weighted by molar-refractivity contribution is -0.137. The average molecular weight is 396 g/mol. The highest BCUT2D eigenvalue weighted by Crippen LogP contribution is 2.30. The summed E-state index contributed by atoms with van der Waals surface area (Å²) in [4.78, 5) is 18.2. The highest BCUT2D eigenvalue weighted by atomic mass is 19.4. The predicted octanol–water partition coefficient (Wildman–Crippen LogP) is 3.49. The number of hydrogen-bond donors (Lipinski definition) is 1. The Morgan fingerprint density at radius 2 is 1.89 bits per heavy atom. The minimum atomic E-state index is -4.37. The zero-order valence-corrected chi connectivity index (χ0v) is 15.8. The molecule has 0 atom stereocenters. The summed E-state index contributed by atoms with van der Waals surface area (Å²) in [5.41, 5.74) is -0.245. The molecule has 152 valence electrons. The van der Waals surface area contributed by atoms with E-state index in [-0.39, 0.29) is 23.7 Å². The number of piperidine rings is 1. The van der Waals surface area contributed by atoms with E-state index in [2.05, 4.69) is 20.4 Å². The maximum absolute atomic E-state index is 12.6. The van der Waals surface area contributed by atoms with Crippen molar-refractivity contribution in [3.63, 3.8) is 0 Å². The Morgan fingerprint density at radius 1 is 1.25 bits per heavy atom. The van der Waals surface area contributed by atoms with E-state index in [9.17, 15) is 18.0 Å². The second-order valence-electron chi connectivity index (χ2n) is 7.30. The highest BCUT2D eigenvalue weighted by Gasteiger charge is 2.30. The summed E-state index contributed by atoms with van der Waals surface area (Å²) in [5.74, 6) is 0.721. The molecular formula is C19H23F3N4O2. The Balaban J connectivity index is 1.53. The van der Waals surface area contributed by atoms with E-state index in [1.807, 2.05) is 13.8 Å². The van der Waals surface area contributed by atoms with Crippen LogP contribution in [0.1, 0.15) is 38.1 Å². The summed E-state index contributed by atoms with van der Waals surface area (Å²) in [5, 5.41) is 6.91. The molecule has 0 aliphatic carbocycles. The number of alkyl halides is 3. The number of likely N-dealkylation sites (tertiary alicyclic amines) is 1. The van der Waals surface area contributed by atoms with E-state index in [4.69, 9.17) is 4.52 Å². The summed E-state index contributed by atoms with van der Waals surface area (Å²) in [7, 11) is 0. The topological polar surface area (TPSA) is 71.3 Å². The highest BCUT2D eigenvalue weighted by molar-refractivity contribution is 5.78. The molecule has 9 heteroatoms. The van der Waals surface area contributed by atoms with Crippen LogP contribution in [0.15, 0.2) is 28.8 Å². The van der Waals surface area contributed by atoms with Crippen molar-refractivity contribution in [3.8, 4) is 11.4 Å². The van der Waals surface area contributed by atoms with E-state index in [0.717, 1.165) is 38.1 Å². The number of benzene rings is 1. The number of nitrogens with one attached hydrogen (secondary N) is 1. The van der Waals surface area contributed by atoms with Crippen molar-refractivity contribution >= 4 is 5.91 Å². The second-order valence-corrected chi connectivity index (χ2v) is 7.30. The molecule has 2 heterocycles. The monoisotopic (exact) mass is 396 g/mol. The van der Waals surface area contributed by atoms with Gasteiger partial charge in [0, 0.05) is 30.6 Å². The number of aromatic nitrogens is 2. The van der Waals surface area contributed by atoms with Crippen molar-refractivity contribution in [1.82, 2.24) is 20.4 Å². The normalized spacial score (nSPS) is 16.5. The van der Waals surface area contributed by atoms with Crippen LogP contribution < -0.4 is 5.32 Å². The maximum Gasteiger partial charge on any atom is 0.416 e. The molecule has 1 saturated heterocycles. The first-order valence-electron chi connectivity index (χ1n) is 9.25. The lowest BCUT2D eigenvalue weighted by Crippen LogP contribution is -2.45. The first-order chi connectivity index (χ1) is 13.2. The van der Waals surface area contributed by atoms with Crippen LogP contribution >= 0.6 is 0 Å². The summed E-state index contributed by atoms with van der Waals surface area (Å²) in [6.45, 7) is 5.79. The lowest BCUT2D eigenvalue weighted by Gasteiger charge is -2.31. The Labute approximate surface area is 161 Å². The van der Waals surface area contributed by atoms with Crippen molar-refractivity contribution in [1.29, 1.82) is 0 Å². The molecule has 6 nitrogen and oxygen atoms in total. The number of carbonyl (C=O) groups excluding carboxylic acids is 1. The third kappa shape index (κ3) is 5.09. The Kier molecular flexibility index (Phi) is 6.02. The zero-order chi connectivity index (χ0) is 20.3. The van der Waals surface area contributed by atoms with Crippen molar-refractivity contribution in [3.05, 3.63) is 35.7 Å². The summed E-state index contributed by atoms with van der Waals surface area (Å²) < 4.78 is 43.2. The van der Waals surface area contributed by atoms with Crippen LogP contribution in [0.4, 0.5) is 13.2 Å². The fourth-order valence-electron chi connectivity index (χ4n) is 3.04. The molecule has 3 rings (SSSR count). The minimum absolute atomic E-state index is 0.0277. The molecule has 1 amide bonds. The van der Waals surface area contributed by atoms with Crippen molar-refractivity contribution in [2.75, 3.05) is 13.1 Å². The largest absolute Gasteiger partial charge is 0.416 e. The standard InChI is InChI=1S/C19H23F3N4O2/c1-12(2)18(27)23-15-7-9-26(10-8-15)11-16-24-17(25-28-16)13-3-5-14(6-4-13)19(20,21)22/h3-6,12,15H,7-11H2,1-2H3,(H,23,27). The van der Waals surface area contributed by atoms with Gasteiger partial charge in [0.1, 0.15) is 0 Å². The van der Waals surface area contributed by atoms with Crippen LogP contribution in [0.5, 0.6) is 0 Å². The number of carbonyl (C=O) groups is 1. The van der Waals surface area contributed by atoms with Gasteiger partial charge in [-0.05, 0) is 25.0 Å². The number of nitrogens with zero attached hydrogens (tertiary/aromatic N) is 3. The average Bonchev–Trinajstić information content (AvgIpc) is 3.11. The van der Waals surface area contributed by atoms with Crippen LogP contribution in [0.25, 0.3) is 11.4 Å². The van der Waals surface area contributed by atoms with Gasteiger partial charge in [-0.15, -0.1) is 0 Å². The molecule has 1 aliphatic rings. The van der Waals surface area contributed by atoms with Crippen molar-refractivity contribution in [2.24, 2.45) is 5.92 Å². The molecule has 2 aromatic rings. The molecule has 1 aromatic carbocycles. The molecule has 1 aliphatic heterocycles. The number of amides is 1. The molecule has 0 radical (unpaired) electrons. The number of halogens is 3. The second kappa shape index (κ2) is 8.30. The van der Waals surface area contributed by atoms with Crippen LogP contribution in [-0.2, 0) is 17.5 Å². The van der Waals surface area contributed by atoms with Gasteiger partial charge in [-0.3, -0.25) is 9.69 Å². The van der Waals surface area contributed by atoms with E-state index < -0.39 is 11.7 Å². The Bertz CT molecular complexity index is 794. The fraction of sp³-hybridized carbons (Fsp3) is 0.526. The third-order valence-corrected chi connectivity index (χ3v) is 4.76. The number of hydrogen-bond acceptors (Lipinski definition) is 5. The third-order valence-electron chi connectivity index (χ3n) is 4.76. The van der Waals surface area contributed by atoms with Crippen LogP contribution in [0.2, 0.25) is 0 Å². The van der Waals surface area contributed by atoms with Crippen molar-refractivity contribution in [2.45, 2.75) is 45.5 Å². The smallest absolute Gasteiger partial charge is 0.353 e. The van der Waals surface area contributed by atoms with E-state index in [1.165, 1.54) is 12.1 Å². The maximum atomic E-state index is 12.6. The van der Waals surface area contributed by atoms with Crippen LogP contribution in [0.3, 0.4) is 0 Å². The van der Waals surface area contributed by atoms with Gasteiger partial charge in [-0.2, -0.15) is 18.2 Å². The van der Waals surface area contributed by atoms with E-state index in [1.54, 1.807) is 0 Å². The Morgan fingerprint density at radius 3 is 2.46 bits per heavy atom. The van der Waals surface area contributed by atoms with E-state index in [0.29, 0.717) is 18.0 Å². The SMILES string of the molecule is CC(C)C(=O)NC1CCN(Cc2nc(-c3ccc(C(F)(F)F)cc3)no2)CC1. The molecular weight excluding hydrogens is 373 g/mol. The summed E-state index contributed by atoms with van der Waals surface area (Å²) in [6.07, 6.45) is -2.68. The first-order valence-corrected chi connectivity index (χ1v) is 9.25.